The number of para-hydroxylation sites is 1. The van der Waals surface area contributed by atoms with Gasteiger partial charge in [-0.05, 0) is 30.7 Å². The number of aryl methyl sites for hydroxylation is 1. The predicted molar refractivity (Wildman–Crippen MR) is 83.5 cm³/mol. The highest BCUT2D eigenvalue weighted by atomic mass is 15.3. The minimum atomic E-state index is 0.246. The summed E-state index contributed by atoms with van der Waals surface area (Å²) in [6, 6.07) is 8.68. The van der Waals surface area contributed by atoms with Gasteiger partial charge in [-0.25, -0.2) is 0 Å². The Hall–Kier alpha value is -1.35. The maximum absolute atomic E-state index is 6.49. The van der Waals surface area contributed by atoms with E-state index in [1.165, 1.54) is 36.6 Å². The first-order valence-electron chi connectivity index (χ1n) is 7.81. The predicted octanol–water partition coefficient (Wildman–Crippen LogP) is 3.27. The van der Waals surface area contributed by atoms with E-state index in [4.69, 9.17) is 5.73 Å². The van der Waals surface area contributed by atoms with E-state index < -0.39 is 0 Å². The summed E-state index contributed by atoms with van der Waals surface area (Å²) in [4.78, 5) is 0. The zero-order valence-electron chi connectivity index (χ0n) is 12.5. The van der Waals surface area contributed by atoms with E-state index in [2.05, 4.69) is 36.3 Å². The molecule has 1 fully saturated rings. The van der Waals surface area contributed by atoms with Gasteiger partial charge in [0.25, 0.3) is 0 Å². The molecule has 2 aromatic rings. The van der Waals surface area contributed by atoms with Crippen molar-refractivity contribution in [1.82, 2.24) is 9.78 Å². The monoisotopic (exact) mass is 271 g/mol. The van der Waals surface area contributed by atoms with E-state index >= 15 is 0 Å². The fourth-order valence-corrected chi connectivity index (χ4v) is 3.70. The third-order valence-electron chi connectivity index (χ3n) is 4.85. The molecule has 0 amide bonds. The molecule has 3 rings (SSSR count). The molecule has 1 saturated carbocycles. The Labute approximate surface area is 121 Å². The summed E-state index contributed by atoms with van der Waals surface area (Å²) in [5.74, 6) is 1.50. The highest BCUT2D eigenvalue weighted by Crippen LogP contribution is 2.31. The van der Waals surface area contributed by atoms with Crippen molar-refractivity contribution in [2.24, 2.45) is 24.6 Å². The summed E-state index contributed by atoms with van der Waals surface area (Å²) >= 11 is 0. The number of fused-ring (bicyclic) bond motifs is 1. The van der Waals surface area contributed by atoms with Gasteiger partial charge in [-0.1, -0.05) is 38.0 Å². The smallest absolute Gasteiger partial charge is 0.0718 e. The van der Waals surface area contributed by atoms with Crippen molar-refractivity contribution in [3.8, 4) is 0 Å². The molecule has 20 heavy (non-hydrogen) atoms. The summed E-state index contributed by atoms with van der Waals surface area (Å²) in [5, 5.41) is 5.94. The SMILES string of the molecule is CC1CCCC(C(N)Cc2nn(C)c3ccccc23)C1. The molecule has 0 saturated heterocycles. The molecule has 3 unspecified atom stereocenters. The van der Waals surface area contributed by atoms with Crippen LogP contribution in [0.15, 0.2) is 24.3 Å². The van der Waals surface area contributed by atoms with Gasteiger partial charge in [-0.2, -0.15) is 5.10 Å². The van der Waals surface area contributed by atoms with Crippen LogP contribution in [0.25, 0.3) is 10.9 Å². The zero-order valence-corrected chi connectivity index (χ0v) is 12.5. The van der Waals surface area contributed by atoms with Gasteiger partial charge in [-0.3, -0.25) is 4.68 Å². The van der Waals surface area contributed by atoms with E-state index in [-0.39, 0.29) is 6.04 Å². The van der Waals surface area contributed by atoms with Crippen LogP contribution in [0, 0.1) is 11.8 Å². The second kappa shape index (κ2) is 5.57. The standard InChI is InChI=1S/C17H25N3/c1-12-6-5-7-13(10-12)15(18)11-16-14-8-3-4-9-17(14)20(2)19-16/h3-4,8-9,12-13,15H,5-7,10-11,18H2,1-2H3. The molecule has 0 radical (unpaired) electrons. The highest BCUT2D eigenvalue weighted by molar-refractivity contribution is 5.81. The summed E-state index contributed by atoms with van der Waals surface area (Å²) in [7, 11) is 2.01. The lowest BCUT2D eigenvalue weighted by Crippen LogP contribution is -2.35. The second-order valence-corrected chi connectivity index (χ2v) is 6.49. The molecule has 0 aliphatic heterocycles. The maximum Gasteiger partial charge on any atom is 0.0718 e. The number of nitrogens with zero attached hydrogens (tertiary/aromatic N) is 2. The van der Waals surface area contributed by atoms with Crippen LogP contribution in [-0.4, -0.2) is 15.8 Å². The molecular weight excluding hydrogens is 246 g/mol. The summed E-state index contributed by atoms with van der Waals surface area (Å²) < 4.78 is 1.97. The molecule has 3 heteroatoms. The largest absolute Gasteiger partial charge is 0.327 e. The van der Waals surface area contributed by atoms with Crippen LogP contribution >= 0.6 is 0 Å². The van der Waals surface area contributed by atoms with Crippen molar-refractivity contribution in [3.63, 3.8) is 0 Å². The first kappa shape index (κ1) is 13.6. The maximum atomic E-state index is 6.49. The molecule has 2 N–H and O–H groups in total. The third kappa shape index (κ3) is 2.59. The van der Waals surface area contributed by atoms with Crippen LogP contribution in [-0.2, 0) is 13.5 Å². The summed E-state index contributed by atoms with van der Waals surface area (Å²) in [6.45, 7) is 2.36. The fourth-order valence-electron chi connectivity index (χ4n) is 3.70. The fraction of sp³-hybridized carbons (Fsp3) is 0.588. The molecule has 1 aromatic heterocycles. The Morgan fingerprint density at radius 3 is 2.95 bits per heavy atom. The molecule has 1 aliphatic rings. The lowest BCUT2D eigenvalue weighted by Gasteiger charge is -2.31. The van der Waals surface area contributed by atoms with Gasteiger partial charge in [0.1, 0.15) is 0 Å². The molecule has 1 aliphatic carbocycles. The minimum Gasteiger partial charge on any atom is -0.327 e. The average Bonchev–Trinajstić information content (AvgIpc) is 2.76. The van der Waals surface area contributed by atoms with E-state index in [0.717, 1.165) is 18.0 Å². The minimum absolute atomic E-state index is 0.246. The Bertz CT molecular complexity index is 587. The number of hydrogen-bond donors (Lipinski definition) is 1. The van der Waals surface area contributed by atoms with Crippen LogP contribution in [0.4, 0.5) is 0 Å². The van der Waals surface area contributed by atoms with Crippen molar-refractivity contribution in [3.05, 3.63) is 30.0 Å². The lowest BCUT2D eigenvalue weighted by atomic mass is 9.77. The van der Waals surface area contributed by atoms with Crippen LogP contribution < -0.4 is 5.73 Å². The lowest BCUT2D eigenvalue weighted by molar-refractivity contribution is 0.245. The van der Waals surface area contributed by atoms with Crippen molar-refractivity contribution >= 4 is 10.9 Å². The first-order valence-corrected chi connectivity index (χ1v) is 7.81. The van der Waals surface area contributed by atoms with Gasteiger partial charge in [0.2, 0.25) is 0 Å². The Morgan fingerprint density at radius 1 is 1.35 bits per heavy atom. The number of nitrogens with two attached hydrogens (primary N) is 1. The van der Waals surface area contributed by atoms with Gasteiger partial charge in [0, 0.05) is 24.9 Å². The molecule has 1 heterocycles. The van der Waals surface area contributed by atoms with Crippen molar-refractivity contribution in [2.75, 3.05) is 0 Å². The molecule has 108 valence electrons. The zero-order chi connectivity index (χ0) is 14.1. The molecule has 3 nitrogen and oxygen atoms in total. The number of hydrogen-bond acceptors (Lipinski definition) is 2. The van der Waals surface area contributed by atoms with Crippen molar-refractivity contribution in [1.29, 1.82) is 0 Å². The van der Waals surface area contributed by atoms with Gasteiger partial charge in [0.15, 0.2) is 0 Å². The van der Waals surface area contributed by atoms with Gasteiger partial charge in [-0.15, -0.1) is 0 Å². The third-order valence-corrected chi connectivity index (χ3v) is 4.85. The van der Waals surface area contributed by atoms with E-state index in [1.54, 1.807) is 0 Å². The normalized spacial score (nSPS) is 24.9. The molecule has 1 aromatic carbocycles. The van der Waals surface area contributed by atoms with Crippen LogP contribution in [0.1, 0.15) is 38.3 Å². The quantitative estimate of drug-likeness (QED) is 0.931. The molecule has 3 atom stereocenters. The van der Waals surface area contributed by atoms with Crippen LogP contribution in [0.2, 0.25) is 0 Å². The number of rotatable bonds is 3. The van der Waals surface area contributed by atoms with E-state index in [0.29, 0.717) is 5.92 Å². The number of benzene rings is 1. The van der Waals surface area contributed by atoms with Gasteiger partial charge in [0.05, 0.1) is 11.2 Å². The van der Waals surface area contributed by atoms with Gasteiger partial charge >= 0.3 is 0 Å². The highest BCUT2D eigenvalue weighted by Gasteiger charge is 2.25. The average molecular weight is 271 g/mol. The molecule has 0 bridgehead atoms. The van der Waals surface area contributed by atoms with Crippen LogP contribution in [0.5, 0.6) is 0 Å². The number of aromatic nitrogens is 2. The van der Waals surface area contributed by atoms with E-state index in [1.807, 2.05) is 11.7 Å². The first-order chi connectivity index (χ1) is 9.65. The topological polar surface area (TPSA) is 43.8 Å². The summed E-state index contributed by atoms with van der Waals surface area (Å²) in [6.07, 6.45) is 6.18. The van der Waals surface area contributed by atoms with Gasteiger partial charge < -0.3 is 5.73 Å². The second-order valence-electron chi connectivity index (χ2n) is 6.49. The van der Waals surface area contributed by atoms with Crippen molar-refractivity contribution in [2.45, 2.75) is 45.1 Å². The Kier molecular flexibility index (Phi) is 3.79. The summed E-state index contributed by atoms with van der Waals surface area (Å²) in [5.41, 5.74) is 8.86. The Balaban J connectivity index is 1.79. The molecular formula is C17H25N3. The molecule has 0 spiro atoms. The Morgan fingerprint density at radius 2 is 2.15 bits per heavy atom. The van der Waals surface area contributed by atoms with Crippen LogP contribution in [0.3, 0.4) is 0 Å². The van der Waals surface area contributed by atoms with Crippen molar-refractivity contribution < 1.29 is 0 Å². The van der Waals surface area contributed by atoms with E-state index in [9.17, 15) is 0 Å².